The predicted molar refractivity (Wildman–Crippen MR) is 45.2 cm³/mol. The van der Waals surface area contributed by atoms with Crippen LogP contribution in [0.4, 0.5) is 0 Å². The Balaban J connectivity index is 0.000001000. The fraction of sp³-hybridized carbons (Fsp3) is 0.400. The molecule has 1 aromatic carbocycles. The van der Waals surface area contributed by atoms with Crippen LogP contribution in [0.2, 0.25) is 0 Å². The van der Waals surface area contributed by atoms with Gasteiger partial charge in [-0.1, -0.05) is 38.1 Å². The van der Waals surface area contributed by atoms with E-state index in [-0.39, 0.29) is 17.4 Å². The van der Waals surface area contributed by atoms with E-state index in [0.29, 0.717) is 0 Å². The van der Waals surface area contributed by atoms with E-state index >= 15 is 0 Å². The van der Waals surface area contributed by atoms with E-state index in [9.17, 15) is 0 Å². The number of rotatable bonds is 2. The van der Waals surface area contributed by atoms with Crippen LogP contribution in [-0.2, 0) is 30.2 Å². The molecule has 0 saturated carbocycles. The quantitative estimate of drug-likeness (QED) is 0.666. The molecule has 1 heteroatoms. The third-order valence-electron chi connectivity index (χ3n) is 1.88. The van der Waals surface area contributed by atoms with Crippen molar-refractivity contribution in [2.75, 3.05) is 0 Å². The molecule has 0 aromatic heterocycles. The summed E-state index contributed by atoms with van der Waals surface area (Å²) < 4.78 is 0. The Kier molecular flexibility index (Phi) is 5.29. The summed E-state index contributed by atoms with van der Waals surface area (Å²) in [5.74, 6) is 0. The summed E-state index contributed by atoms with van der Waals surface area (Å²) in [5, 5.41) is 0. The van der Waals surface area contributed by atoms with Crippen LogP contribution in [-0.4, -0.2) is 0 Å². The topological polar surface area (TPSA) is 0 Å². The normalized spacial score (nSPS) is 8.91. The van der Waals surface area contributed by atoms with E-state index in [1.807, 2.05) is 0 Å². The van der Waals surface area contributed by atoms with Gasteiger partial charge in [-0.15, -0.1) is 0 Å². The number of hydrogen-bond donors (Lipinski definition) is 0. The van der Waals surface area contributed by atoms with Gasteiger partial charge in [-0.25, -0.2) is 0 Å². The van der Waals surface area contributed by atoms with Gasteiger partial charge in [0, 0.05) is 17.4 Å². The van der Waals surface area contributed by atoms with Crippen LogP contribution in [0, 0.1) is 0 Å². The first-order valence-corrected chi connectivity index (χ1v) is 3.95. The third-order valence-corrected chi connectivity index (χ3v) is 1.88. The molecule has 0 amide bonds. The van der Waals surface area contributed by atoms with E-state index in [2.05, 4.69) is 38.1 Å². The molecular formula is C10H14Cr. The summed E-state index contributed by atoms with van der Waals surface area (Å²) >= 11 is 0. The minimum atomic E-state index is 0. The van der Waals surface area contributed by atoms with Crippen LogP contribution in [0.1, 0.15) is 25.0 Å². The average Bonchev–Trinajstić information content (AvgIpc) is 2.04. The standard InChI is InChI=1S/C10H14.Cr/c1-3-9-7-5-6-8-10(9)4-2;/h5-8H,3-4H2,1-2H3;. The first kappa shape index (κ1) is 10.8. The molecule has 0 bridgehead atoms. The molecule has 0 radical (unpaired) electrons. The first-order valence-electron chi connectivity index (χ1n) is 3.95. The number of benzene rings is 1. The summed E-state index contributed by atoms with van der Waals surface area (Å²) in [4.78, 5) is 0. The summed E-state index contributed by atoms with van der Waals surface area (Å²) in [6, 6.07) is 8.63. The summed E-state index contributed by atoms with van der Waals surface area (Å²) in [6.07, 6.45) is 2.31. The smallest absolute Gasteiger partial charge is 0 e. The average molecular weight is 186 g/mol. The molecule has 0 fully saturated rings. The van der Waals surface area contributed by atoms with Gasteiger partial charge in [0.25, 0.3) is 0 Å². The Morgan fingerprint density at radius 2 is 1.27 bits per heavy atom. The molecular weight excluding hydrogens is 172 g/mol. The molecule has 0 atom stereocenters. The van der Waals surface area contributed by atoms with Crippen LogP contribution in [0.3, 0.4) is 0 Å². The molecule has 0 unspecified atom stereocenters. The Morgan fingerprint density at radius 1 is 0.909 bits per heavy atom. The Hall–Kier alpha value is -0.248. The summed E-state index contributed by atoms with van der Waals surface area (Å²) in [5.41, 5.74) is 2.98. The fourth-order valence-corrected chi connectivity index (χ4v) is 1.25. The number of aryl methyl sites for hydroxylation is 2. The molecule has 0 saturated heterocycles. The SMILES string of the molecule is CCc1ccccc1CC.[Cr]. The van der Waals surface area contributed by atoms with Gasteiger partial charge < -0.3 is 0 Å². The third kappa shape index (κ3) is 2.69. The van der Waals surface area contributed by atoms with Gasteiger partial charge >= 0.3 is 0 Å². The fourth-order valence-electron chi connectivity index (χ4n) is 1.25. The maximum atomic E-state index is 2.21. The molecule has 0 nitrogen and oxygen atoms in total. The Morgan fingerprint density at radius 3 is 1.55 bits per heavy atom. The van der Waals surface area contributed by atoms with Crippen molar-refractivity contribution >= 4 is 0 Å². The minimum Gasteiger partial charge on any atom is -0.0620 e. The first-order chi connectivity index (χ1) is 4.88. The van der Waals surface area contributed by atoms with Crippen LogP contribution in [0.25, 0.3) is 0 Å². The van der Waals surface area contributed by atoms with Gasteiger partial charge in [0.05, 0.1) is 0 Å². The number of hydrogen-bond acceptors (Lipinski definition) is 0. The van der Waals surface area contributed by atoms with Crippen molar-refractivity contribution < 1.29 is 17.4 Å². The Bertz CT molecular complexity index is 183. The predicted octanol–water partition coefficient (Wildman–Crippen LogP) is 2.81. The van der Waals surface area contributed by atoms with Crippen molar-refractivity contribution in [3.63, 3.8) is 0 Å². The van der Waals surface area contributed by atoms with Crippen molar-refractivity contribution in [2.24, 2.45) is 0 Å². The minimum absolute atomic E-state index is 0. The van der Waals surface area contributed by atoms with Gasteiger partial charge in [0.2, 0.25) is 0 Å². The zero-order chi connectivity index (χ0) is 7.40. The maximum absolute atomic E-state index is 2.21. The van der Waals surface area contributed by atoms with E-state index in [1.54, 1.807) is 0 Å². The summed E-state index contributed by atoms with van der Waals surface area (Å²) in [7, 11) is 0. The van der Waals surface area contributed by atoms with Crippen LogP contribution in [0.15, 0.2) is 24.3 Å². The van der Waals surface area contributed by atoms with Crippen molar-refractivity contribution in [3.05, 3.63) is 35.4 Å². The second-order valence-electron chi connectivity index (χ2n) is 2.48. The molecule has 0 aliphatic heterocycles. The molecule has 0 spiro atoms. The molecule has 0 N–H and O–H groups in total. The second kappa shape index (κ2) is 5.41. The molecule has 0 aliphatic carbocycles. The van der Waals surface area contributed by atoms with Gasteiger partial charge in [-0.3, -0.25) is 0 Å². The van der Waals surface area contributed by atoms with Crippen molar-refractivity contribution in [2.45, 2.75) is 26.7 Å². The molecule has 60 valence electrons. The van der Waals surface area contributed by atoms with Gasteiger partial charge in [0.1, 0.15) is 0 Å². The van der Waals surface area contributed by atoms with Crippen LogP contribution >= 0.6 is 0 Å². The van der Waals surface area contributed by atoms with Crippen LogP contribution < -0.4 is 0 Å². The van der Waals surface area contributed by atoms with E-state index < -0.39 is 0 Å². The second-order valence-corrected chi connectivity index (χ2v) is 2.48. The molecule has 1 rings (SSSR count). The zero-order valence-corrected chi connectivity index (χ0v) is 8.41. The van der Waals surface area contributed by atoms with Crippen molar-refractivity contribution in [1.82, 2.24) is 0 Å². The monoisotopic (exact) mass is 186 g/mol. The van der Waals surface area contributed by atoms with E-state index in [4.69, 9.17) is 0 Å². The van der Waals surface area contributed by atoms with Crippen LogP contribution in [0.5, 0.6) is 0 Å². The zero-order valence-electron chi connectivity index (χ0n) is 7.13. The molecule has 0 aliphatic rings. The Labute approximate surface area is 79.8 Å². The largest absolute Gasteiger partial charge is 0.0620 e. The van der Waals surface area contributed by atoms with Gasteiger partial charge in [-0.2, -0.15) is 0 Å². The van der Waals surface area contributed by atoms with Crippen molar-refractivity contribution in [1.29, 1.82) is 0 Å². The maximum Gasteiger partial charge on any atom is 0 e. The van der Waals surface area contributed by atoms with Gasteiger partial charge in [0.15, 0.2) is 0 Å². The van der Waals surface area contributed by atoms with E-state index in [0.717, 1.165) is 12.8 Å². The van der Waals surface area contributed by atoms with Crippen molar-refractivity contribution in [3.8, 4) is 0 Å². The molecule has 1 aromatic rings. The molecule has 11 heavy (non-hydrogen) atoms. The van der Waals surface area contributed by atoms with Gasteiger partial charge in [-0.05, 0) is 24.0 Å². The molecule has 0 heterocycles. The summed E-state index contributed by atoms with van der Waals surface area (Å²) in [6.45, 7) is 4.41. The van der Waals surface area contributed by atoms with E-state index in [1.165, 1.54) is 11.1 Å².